The molecule has 118 valence electrons. The number of anilines is 1. The predicted molar refractivity (Wildman–Crippen MR) is 86.4 cm³/mol. The second-order valence-corrected chi connectivity index (χ2v) is 5.40. The fraction of sp³-hybridized carbons (Fsp3) is 0.562. The second-order valence-electron chi connectivity index (χ2n) is 5.40. The van der Waals surface area contributed by atoms with Crippen LogP contribution in [-0.4, -0.2) is 68.2 Å². The van der Waals surface area contributed by atoms with E-state index in [0.717, 1.165) is 17.8 Å². The number of amides is 1. The smallest absolute Gasteiger partial charge is 0.236 e. The van der Waals surface area contributed by atoms with Gasteiger partial charge in [-0.25, -0.2) is 0 Å². The molecule has 1 amide bonds. The minimum atomic E-state index is 0.0713. The quantitative estimate of drug-likeness (QED) is 0.777. The summed E-state index contributed by atoms with van der Waals surface area (Å²) in [6, 6.07) is 8.20. The summed E-state index contributed by atoms with van der Waals surface area (Å²) in [6.45, 7) is 4.32. The average molecular weight is 293 g/mol. The lowest BCUT2D eigenvalue weighted by atomic mass is 10.2. The van der Waals surface area contributed by atoms with Gasteiger partial charge in [-0.3, -0.25) is 9.69 Å². The van der Waals surface area contributed by atoms with Crippen LogP contribution in [0.2, 0.25) is 0 Å². The van der Waals surface area contributed by atoms with E-state index in [0.29, 0.717) is 19.6 Å². The monoisotopic (exact) mass is 293 g/mol. The van der Waals surface area contributed by atoms with Gasteiger partial charge in [0.1, 0.15) is 0 Å². The van der Waals surface area contributed by atoms with Crippen LogP contribution >= 0.6 is 0 Å². The Labute approximate surface area is 127 Å². The number of nitrogens with zero attached hydrogens (tertiary/aromatic N) is 3. The molecule has 0 aliphatic carbocycles. The van der Waals surface area contributed by atoms with Crippen LogP contribution in [0.25, 0.3) is 0 Å². The third-order valence-electron chi connectivity index (χ3n) is 3.52. The molecule has 0 bridgehead atoms. The highest BCUT2D eigenvalue weighted by atomic mass is 16.3. The number of hydrogen-bond acceptors (Lipinski definition) is 4. The van der Waals surface area contributed by atoms with Crippen LogP contribution < -0.4 is 4.90 Å². The van der Waals surface area contributed by atoms with E-state index in [4.69, 9.17) is 5.11 Å². The standard InChI is InChI=1S/C16H27N3O2/c1-5-19(10-11-20)13-16(21)18(4)12-14-6-8-15(9-7-14)17(2)3/h6-9,20H,5,10-13H2,1-4H3. The molecule has 0 unspecified atom stereocenters. The van der Waals surface area contributed by atoms with E-state index in [-0.39, 0.29) is 12.5 Å². The zero-order chi connectivity index (χ0) is 15.8. The summed E-state index contributed by atoms with van der Waals surface area (Å²) in [4.78, 5) is 17.9. The van der Waals surface area contributed by atoms with Gasteiger partial charge in [0.05, 0.1) is 13.2 Å². The molecule has 0 atom stereocenters. The minimum Gasteiger partial charge on any atom is -0.395 e. The number of aliphatic hydroxyl groups excluding tert-OH is 1. The first-order valence-corrected chi connectivity index (χ1v) is 7.31. The van der Waals surface area contributed by atoms with Gasteiger partial charge < -0.3 is 14.9 Å². The predicted octanol–water partition coefficient (Wildman–Crippen LogP) is 1.03. The molecule has 1 aromatic carbocycles. The van der Waals surface area contributed by atoms with Crippen molar-refractivity contribution in [3.05, 3.63) is 29.8 Å². The number of carbonyl (C=O) groups is 1. The van der Waals surface area contributed by atoms with E-state index in [2.05, 4.69) is 12.1 Å². The average Bonchev–Trinajstić information content (AvgIpc) is 2.47. The molecule has 1 rings (SSSR count). The number of likely N-dealkylation sites (N-methyl/N-ethyl adjacent to an activating group) is 2. The molecule has 21 heavy (non-hydrogen) atoms. The van der Waals surface area contributed by atoms with Gasteiger partial charge in [-0.2, -0.15) is 0 Å². The number of hydrogen-bond donors (Lipinski definition) is 1. The van der Waals surface area contributed by atoms with Crippen LogP contribution in [0.4, 0.5) is 5.69 Å². The minimum absolute atomic E-state index is 0.0713. The summed E-state index contributed by atoms with van der Waals surface area (Å²) in [7, 11) is 5.82. The Hall–Kier alpha value is -1.59. The van der Waals surface area contributed by atoms with Gasteiger partial charge in [0.25, 0.3) is 0 Å². The van der Waals surface area contributed by atoms with E-state index in [1.54, 1.807) is 4.90 Å². The summed E-state index contributed by atoms with van der Waals surface area (Å²) < 4.78 is 0. The van der Waals surface area contributed by atoms with E-state index in [9.17, 15) is 4.79 Å². The van der Waals surface area contributed by atoms with E-state index < -0.39 is 0 Å². The second kappa shape index (κ2) is 8.64. The maximum atomic E-state index is 12.2. The number of benzene rings is 1. The van der Waals surface area contributed by atoms with Crippen LogP contribution in [0.15, 0.2) is 24.3 Å². The zero-order valence-electron chi connectivity index (χ0n) is 13.5. The first-order chi connectivity index (χ1) is 9.97. The lowest BCUT2D eigenvalue weighted by Crippen LogP contribution is -2.39. The molecule has 5 heteroatoms. The van der Waals surface area contributed by atoms with Crippen molar-refractivity contribution in [1.82, 2.24) is 9.80 Å². The Kier molecular flexibility index (Phi) is 7.19. The van der Waals surface area contributed by atoms with Crippen molar-refractivity contribution in [3.63, 3.8) is 0 Å². The van der Waals surface area contributed by atoms with Gasteiger partial charge in [0, 0.05) is 39.9 Å². The van der Waals surface area contributed by atoms with Crippen molar-refractivity contribution >= 4 is 11.6 Å². The molecule has 0 saturated carbocycles. The van der Waals surface area contributed by atoms with Crippen LogP contribution in [0.1, 0.15) is 12.5 Å². The molecule has 0 saturated heterocycles. The van der Waals surface area contributed by atoms with Gasteiger partial charge in [-0.15, -0.1) is 0 Å². The lowest BCUT2D eigenvalue weighted by Gasteiger charge is -2.23. The summed E-state index contributed by atoms with van der Waals surface area (Å²) in [5.74, 6) is 0.0713. The summed E-state index contributed by atoms with van der Waals surface area (Å²) >= 11 is 0. The molecule has 0 spiro atoms. The Balaban J connectivity index is 2.55. The molecule has 1 N–H and O–H groups in total. The highest BCUT2D eigenvalue weighted by molar-refractivity contribution is 5.78. The third kappa shape index (κ3) is 5.73. The maximum Gasteiger partial charge on any atom is 0.236 e. The SMILES string of the molecule is CCN(CCO)CC(=O)N(C)Cc1ccc(N(C)C)cc1. The molecule has 0 aliphatic heterocycles. The first-order valence-electron chi connectivity index (χ1n) is 7.31. The zero-order valence-corrected chi connectivity index (χ0v) is 13.5. The van der Waals surface area contributed by atoms with Crippen molar-refractivity contribution in [2.75, 3.05) is 52.3 Å². The number of rotatable bonds is 8. The van der Waals surface area contributed by atoms with Crippen molar-refractivity contribution in [2.24, 2.45) is 0 Å². The third-order valence-corrected chi connectivity index (χ3v) is 3.52. The maximum absolute atomic E-state index is 12.2. The molecular weight excluding hydrogens is 266 g/mol. The van der Waals surface area contributed by atoms with Gasteiger partial charge >= 0.3 is 0 Å². The topological polar surface area (TPSA) is 47.0 Å². The molecular formula is C16H27N3O2. The molecule has 0 aromatic heterocycles. The highest BCUT2D eigenvalue weighted by Crippen LogP contribution is 2.13. The first kappa shape index (κ1) is 17.5. The van der Waals surface area contributed by atoms with E-state index >= 15 is 0 Å². The molecule has 5 nitrogen and oxygen atoms in total. The highest BCUT2D eigenvalue weighted by Gasteiger charge is 2.13. The normalized spacial score (nSPS) is 10.8. The number of aliphatic hydroxyl groups is 1. The summed E-state index contributed by atoms with van der Waals surface area (Å²) in [6.07, 6.45) is 0. The van der Waals surface area contributed by atoms with Gasteiger partial charge in [0.15, 0.2) is 0 Å². The number of carbonyl (C=O) groups excluding carboxylic acids is 1. The Morgan fingerprint density at radius 3 is 2.24 bits per heavy atom. The van der Waals surface area contributed by atoms with Crippen molar-refractivity contribution < 1.29 is 9.90 Å². The van der Waals surface area contributed by atoms with Gasteiger partial charge in [-0.05, 0) is 24.2 Å². The van der Waals surface area contributed by atoms with Gasteiger partial charge in [-0.1, -0.05) is 19.1 Å². The largest absolute Gasteiger partial charge is 0.395 e. The van der Waals surface area contributed by atoms with Crippen molar-refractivity contribution in [2.45, 2.75) is 13.5 Å². The van der Waals surface area contributed by atoms with Crippen molar-refractivity contribution in [1.29, 1.82) is 0 Å². The van der Waals surface area contributed by atoms with Crippen molar-refractivity contribution in [3.8, 4) is 0 Å². The summed E-state index contributed by atoms with van der Waals surface area (Å²) in [5.41, 5.74) is 2.26. The van der Waals surface area contributed by atoms with E-state index in [1.165, 1.54) is 0 Å². The van der Waals surface area contributed by atoms with Gasteiger partial charge in [0.2, 0.25) is 5.91 Å². The van der Waals surface area contributed by atoms with Crippen LogP contribution in [-0.2, 0) is 11.3 Å². The Bertz CT molecular complexity index is 432. The molecule has 0 aliphatic rings. The fourth-order valence-corrected chi connectivity index (χ4v) is 2.06. The molecule has 0 fully saturated rings. The Morgan fingerprint density at radius 1 is 1.14 bits per heavy atom. The fourth-order valence-electron chi connectivity index (χ4n) is 2.06. The molecule has 0 heterocycles. The van der Waals surface area contributed by atoms with Crippen LogP contribution in [0, 0.1) is 0 Å². The van der Waals surface area contributed by atoms with Crippen LogP contribution in [0.5, 0.6) is 0 Å². The van der Waals surface area contributed by atoms with E-state index in [1.807, 2.05) is 50.0 Å². The molecule has 0 radical (unpaired) electrons. The van der Waals surface area contributed by atoms with Crippen LogP contribution in [0.3, 0.4) is 0 Å². The lowest BCUT2D eigenvalue weighted by molar-refractivity contribution is -0.131. The summed E-state index contributed by atoms with van der Waals surface area (Å²) in [5, 5.41) is 8.95. The molecule has 1 aromatic rings. The Morgan fingerprint density at radius 2 is 1.76 bits per heavy atom.